The predicted octanol–water partition coefficient (Wildman–Crippen LogP) is 3.26. The van der Waals surface area contributed by atoms with Gasteiger partial charge in [-0.25, -0.2) is 0 Å². The smallest absolute Gasteiger partial charge is 0.226 e. The molecule has 0 saturated heterocycles. The SMILES string of the molecule is Cl.Cl.[B]N(C)c1ccccc1.[B]N(C)c1ccccc1. The van der Waals surface area contributed by atoms with Gasteiger partial charge in [0.1, 0.15) is 0 Å². The Balaban J connectivity index is 0. The van der Waals surface area contributed by atoms with Crippen LogP contribution in [0.1, 0.15) is 0 Å². The van der Waals surface area contributed by atoms with Crippen LogP contribution in [0.3, 0.4) is 0 Å². The van der Waals surface area contributed by atoms with Crippen LogP contribution in [0.25, 0.3) is 0 Å². The van der Waals surface area contributed by atoms with E-state index in [4.69, 9.17) is 16.0 Å². The standard InChI is InChI=1S/2C7H8BN.2ClH/c2*1-9(8)7-5-3-2-4-6-7;;/h2*2-6H,1H3;2*1H. The van der Waals surface area contributed by atoms with Crippen molar-refractivity contribution in [1.82, 2.24) is 0 Å². The van der Waals surface area contributed by atoms with E-state index in [1.807, 2.05) is 74.8 Å². The van der Waals surface area contributed by atoms with Crippen molar-refractivity contribution in [1.29, 1.82) is 0 Å². The molecule has 0 unspecified atom stereocenters. The van der Waals surface area contributed by atoms with Gasteiger partial charge in [0, 0.05) is 11.4 Å². The van der Waals surface area contributed by atoms with E-state index in [9.17, 15) is 0 Å². The lowest BCUT2D eigenvalue weighted by atomic mass is 10.2. The van der Waals surface area contributed by atoms with Gasteiger partial charge in [-0.3, -0.25) is 0 Å². The van der Waals surface area contributed by atoms with E-state index in [-0.39, 0.29) is 24.8 Å². The van der Waals surface area contributed by atoms with Crippen LogP contribution in [0.2, 0.25) is 0 Å². The average Bonchev–Trinajstić information content (AvgIpc) is 2.41. The number of hydrogen-bond acceptors (Lipinski definition) is 2. The molecule has 104 valence electrons. The van der Waals surface area contributed by atoms with E-state index in [0.717, 1.165) is 11.4 Å². The maximum absolute atomic E-state index is 5.45. The quantitative estimate of drug-likeness (QED) is 0.786. The van der Waals surface area contributed by atoms with Gasteiger partial charge in [-0.05, 0) is 38.4 Å². The highest BCUT2D eigenvalue weighted by molar-refractivity contribution is 6.17. The molecule has 0 saturated carbocycles. The lowest BCUT2D eigenvalue weighted by molar-refractivity contribution is 1.34. The summed E-state index contributed by atoms with van der Waals surface area (Å²) in [6, 6.07) is 19.6. The Morgan fingerprint density at radius 3 is 1.00 bits per heavy atom. The molecule has 2 rings (SSSR count). The zero-order valence-corrected chi connectivity index (χ0v) is 13.3. The molecule has 0 aliphatic rings. The van der Waals surface area contributed by atoms with Gasteiger partial charge in [0.05, 0.1) is 0 Å². The van der Waals surface area contributed by atoms with Crippen molar-refractivity contribution in [3.05, 3.63) is 60.7 Å². The molecule has 0 spiro atoms. The van der Waals surface area contributed by atoms with Gasteiger partial charge in [0.15, 0.2) is 0 Å². The van der Waals surface area contributed by atoms with Gasteiger partial charge >= 0.3 is 0 Å². The fourth-order valence-electron chi connectivity index (χ4n) is 1.33. The first-order chi connectivity index (χ1) is 8.61. The molecular weight excluding hydrogens is 289 g/mol. The van der Waals surface area contributed by atoms with Gasteiger partial charge in [-0.15, -0.1) is 24.8 Å². The molecule has 0 amide bonds. The molecule has 0 heterocycles. The first-order valence-corrected chi connectivity index (χ1v) is 5.68. The number of halogens is 2. The number of benzene rings is 2. The zero-order valence-electron chi connectivity index (χ0n) is 11.6. The zero-order chi connectivity index (χ0) is 13.4. The summed E-state index contributed by atoms with van der Waals surface area (Å²) in [4.78, 5) is 3.17. The highest BCUT2D eigenvalue weighted by atomic mass is 35.5. The second-order valence-corrected chi connectivity index (χ2v) is 3.89. The van der Waals surface area contributed by atoms with Crippen molar-refractivity contribution >= 4 is 52.2 Å². The molecule has 2 aromatic rings. The summed E-state index contributed by atoms with van der Waals surface area (Å²) in [5.41, 5.74) is 2.05. The highest BCUT2D eigenvalue weighted by Gasteiger charge is 1.88. The third kappa shape index (κ3) is 8.03. The molecule has 0 bridgehead atoms. The maximum Gasteiger partial charge on any atom is 0.226 e. The molecular formula is C14H18B2Cl2N2. The summed E-state index contributed by atoms with van der Waals surface area (Å²) < 4.78 is 0. The topological polar surface area (TPSA) is 6.48 Å². The van der Waals surface area contributed by atoms with Crippen molar-refractivity contribution in [2.24, 2.45) is 0 Å². The fourth-order valence-corrected chi connectivity index (χ4v) is 1.33. The van der Waals surface area contributed by atoms with E-state index in [0.29, 0.717) is 0 Å². The molecule has 0 aliphatic carbocycles. The van der Waals surface area contributed by atoms with Crippen molar-refractivity contribution in [2.45, 2.75) is 0 Å². The molecule has 6 heteroatoms. The van der Waals surface area contributed by atoms with Crippen LogP contribution in [0.5, 0.6) is 0 Å². The normalized spacial score (nSPS) is 8.10. The number of para-hydroxylation sites is 2. The third-order valence-electron chi connectivity index (χ3n) is 2.33. The van der Waals surface area contributed by atoms with E-state index >= 15 is 0 Å². The second kappa shape index (κ2) is 11.6. The molecule has 2 nitrogen and oxygen atoms in total. The first kappa shape index (κ1) is 21.1. The lowest BCUT2D eigenvalue weighted by Crippen LogP contribution is -2.10. The van der Waals surface area contributed by atoms with E-state index < -0.39 is 0 Å². The fraction of sp³-hybridized carbons (Fsp3) is 0.143. The predicted molar refractivity (Wildman–Crippen MR) is 95.7 cm³/mol. The number of hydrogen-bond donors (Lipinski definition) is 0. The van der Waals surface area contributed by atoms with Crippen LogP contribution >= 0.6 is 24.8 Å². The van der Waals surface area contributed by atoms with Crippen LogP contribution < -0.4 is 9.62 Å². The highest BCUT2D eigenvalue weighted by Crippen LogP contribution is 2.07. The van der Waals surface area contributed by atoms with Gasteiger partial charge in [0.25, 0.3) is 0 Å². The average molecular weight is 307 g/mol. The molecule has 20 heavy (non-hydrogen) atoms. The largest absolute Gasteiger partial charge is 0.427 e. The second-order valence-electron chi connectivity index (χ2n) is 3.89. The van der Waals surface area contributed by atoms with Gasteiger partial charge in [0.2, 0.25) is 16.0 Å². The molecule has 0 atom stereocenters. The summed E-state index contributed by atoms with van der Waals surface area (Å²) in [7, 11) is 14.5. The number of nitrogens with zero attached hydrogens (tertiary/aromatic N) is 2. The van der Waals surface area contributed by atoms with Crippen LogP contribution in [0, 0.1) is 0 Å². The Bertz CT molecular complexity index is 396. The summed E-state index contributed by atoms with van der Waals surface area (Å²) >= 11 is 0. The minimum absolute atomic E-state index is 0. The number of rotatable bonds is 2. The summed E-state index contributed by atoms with van der Waals surface area (Å²) in [6.07, 6.45) is 0. The monoisotopic (exact) mass is 306 g/mol. The van der Waals surface area contributed by atoms with Gasteiger partial charge in [-0.1, -0.05) is 36.4 Å². The van der Waals surface area contributed by atoms with E-state index in [1.54, 1.807) is 9.62 Å². The Morgan fingerprint density at radius 2 is 0.850 bits per heavy atom. The molecule has 4 radical (unpaired) electrons. The minimum atomic E-state index is 0. The van der Waals surface area contributed by atoms with Crippen LogP contribution in [-0.2, 0) is 0 Å². The Kier molecular flexibility index (Phi) is 12.2. The molecule has 0 aromatic heterocycles. The Labute approximate surface area is 136 Å². The minimum Gasteiger partial charge on any atom is -0.427 e. The summed E-state index contributed by atoms with van der Waals surface area (Å²) in [6.45, 7) is 0. The molecule has 2 aromatic carbocycles. The van der Waals surface area contributed by atoms with Crippen LogP contribution in [-0.4, -0.2) is 30.1 Å². The molecule has 0 N–H and O–H groups in total. The van der Waals surface area contributed by atoms with Crippen molar-refractivity contribution < 1.29 is 0 Å². The molecule has 0 aliphatic heterocycles. The van der Waals surface area contributed by atoms with E-state index in [1.165, 1.54) is 0 Å². The van der Waals surface area contributed by atoms with Crippen molar-refractivity contribution in [3.8, 4) is 0 Å². The van der Waals surface area contributed by atoms with Gasteiger partial charge < -0.3 is 9.62 Å². The van der Waals surface area contributed by atoms with Crippen LogP contribution in [0.4, 0.5) is 11.4 Å². The summed E-state index contributed by atoms with van der Waals surface area (Å²) in [5.74, 6) is 0. The maximum atomic E-state index is 5.45. The van der Waals surface area contributed by atoms with Crippen molar-refractivity contribution in [2.75, 3.05) is 23.7 Å². The number of anilines is 2. The Hall–Kier alpha value is -1.25. The van der Waals surface area contributed by atoms with Crippen LogP contribution in [0.15, 0.2) is 60.7 Å². The lowest BCUT2D eigenvalue weighted by Gasteiger charge is -2.11. The van der Waals surface area contributed by atoms with Crippen molar-refractivity contribution in [3.63, 3.8) is 0 Å². The summed E-state index contributed by atoms with van der Waals surface area (Å²) in [5, 5.41) is 0. The molecule has 0 fully saturated rings. The van der Waals surface area contributed by atoms with Gasteiger partial charge in [-0.2, -0.15) is 0 Å². The third-order valence-corrected chi connectivity index (χ3v) is 2.33. The first-order valence-electron chi connectivity index (χ1n) is 5.68. The Morgan fingerprint density at radius 1 is 0.600 bits per heavy atom. The van der Waals surface area contributed by atoms with E-state index in [2.05, 4.69) is 0 Å².